The van der Waals surface area contributed by atoms with Gasteiger partial charge in [0.05, 0.1) is 19.8 Å². The minimum Gasteiger partial charge on any atom is -0.383 e. The third kappa shape index (κ3) is 7.08. The summed E-state index contributed by atoms with van der Waals surface area (Å²) >= 11 is 1.55. The standard InChI is InChI=1S/C17H27N3O2S.HI/c1-3-18-16(19-9-6-14-7-10-22-11-8-14)20-13-17(2,21)15-5-4-12-23-15;/h4-5,7,12,21H,3,6,8-11,13H2,1-2H3,(H2,18,19,20);1H. The molecule has 0 saturated heterocycles. The molecule has 3 N–H and O–H groups in total. The van der Waals surface area contributed by atoms with Gasteiger partial charge in [0.2, 0.25) is 0 Å². The molecule has 0 bridgehead atoms. The molecule has 1 atom stereocenters. The SMILES string of the molecule is CCNC(=NCC(C)(O)c1cccs1)NCCC1=CCOCC1.I. The van der Waals surface area contributed by atoms with Gasteiger partial charge in [0, 0.05) is 18.0 Å². The van der Waals surface area contributed by atoms with E-state index in [-0.39, 0.29) is 24.0 Å². The molecule has 0 aliphatic carbocycles. The Morgan fingerprint density at radius 3 is 2.92 bits per heavy atom. The van der Waals surface area contributed by atoms with Crippen LogP contribution >= 0.6 is 35.3 Å². The zero-order valence-electron chi connectivity index (χ0n) is 14.4. The Bertz CT molecular complexity index is 530. The number of hydrogen-bond acceptors (Lipinski definition) is 4. The van der Waals surface area contributed by atoms with Gasteiger partial charge in [-0.3, -0.25) is 0 Å². The van der Waals surface area contributed by atoms with Crippen molar-refractivity contribution >= 4 is 41.3 Å². The van der Waals surface area contributed by atoms with Crippen molar-refractivity contribution < 1.29 is 9.84 Å². The molecule has 0 aromatic carbocycles. The van der Waals surface area contributed by atoms with Gasteiger partial charge in [-0.25, -0.2) is 4.99 Å². The molecule has 136 valence electrons. The van der Waals surface area contributed by atoms with Crippen LogP contribution in [0.15, 0.2) is 34.2 Å². The maximum Gasteiger partial charge on any atom is 0.191 e. The first-order valence-electron chi connectivity index (χ1n) is 8.16. The van der Waals surface area contributed by atoms with Crippen LogP contribution in [0.3, 0.4) is 0 Å². The second-order valence-electron chi connectivity index (χ2n) is 5.81. The molecule has 2 rings (SSSR count). The predicted octanol–water partition coefficient (Wildman–Crippen LogP) is 2.87. The molecular formula is C17H28IN3O2S. The van der Waals surface area contributed by atoms with E-state index in [2.05, 4.69) is 21.7 Å². The molecule has 1 aliphatic rings. The maximum atomic E-state index is 10.5. The largest absolute Gasteiger partial charge is 0.383 e. The molecule has 0 saturated carbocycles. The van der Waals surface area contributed by atoms with E-state index in [9.17, 15) is 5.11 Å². The van der Waals surface area contributed by atoms with Crippen LogP contribution in [-0.2, 0) is 10.3 Å². The summed E-state index contributed by atoms with van der Waals surface area (Å²) in [6.45, 7) is 7.35. The van der Waals surface area contributed by atoms with Crippen molar-refractivity contribution in [2.75, 3.05) is 32.8 Å². The molecule has 1 aromatic rings. The van der Waals surface area contributed by atoms with Crippen LogP contribution in [0.5, 0.6) is 0 Å². The van der Waals surface area contributed by atoms with Crippen LogP contribution in [0.2, 0.25) is 0 Å². The number of guanidine groups is 1. The third-order valence-electron chi connectivity index (χ3n) is 3.74. The Balaban J connectivity index is 0.00000288. The van der Waals surface area contributed by atoms with Crippen LogP contribution < -0.4 is 10.6 Å². The summed E-state index contributed by atoms with van der Waals surface area (Å²) in [5, 5.41) is 19.1. The lowest BCUT2D eigenvalue weighted by atomic mass is 10.1. The first-order valence-corrected chi connectivity index (χ1v) is 9.04. The molecule has 0 fully saturated rings. The average Bonchev–Trinajstić information content (AvgIpc) is 3.09. The van der Waals surface area contributed by atoms with E-state index in [0.717, 1.165) is 50.0 Å². The number of aliphatic hydroxyl groups is 1. The van der Waals surface area contributed by atoms with Crippen LogP contribution in [0.4, 0.5) is 0 Å². The Kier molecular flexibility index (Phi) is 9.87. The van der Waals surface area contributed by atoms with Crippen LogP contribution in [0.1, 0.15) is 31.6 Å². The number of ether oxygens (including phenoxy) is 1. The fourth-order valence-corrected chi connectivity index (χ4v) is 3.15. The highest BCUT2D eigenvalue weighted by atomic mass is 127. The Hall–Kier alpha value is -0.640. The number of nitrogens with zero attached hydrogens (tertiary/aromatic N) is 1. The van der Waals surface area contributed by atoms with E-state index < -0.39 is 5.60 Å². The summed E-state index contributed by atoms with van der Waals surface area (Å²) < 4.78 is 5.32. The van der Waals surface area contributed by atoms with Gasteiger partial charge in [-0.2, -0.15) is 0 Å². The Morgan fingerprint density at radius 2 is 2.29 bits per heavy atom. The third-order valence-corrected chi connectivity index (χ3v) is 4.86. The summed E-state index contributed by atoms with van der Waals surface area (Å²) in [7, 11) is 0. The molecule has 24 heavy (non-hydrogen) atoms. The quantitative estimate of drug-likeness (QED) is 0.251. The van der Waals surface area contributed by atoms with Crippen LogP contribution in [0, 0.1) is 0 Å². The molecule has 1 aromatic heterocycles. The van der Waals surface area contributed by atoms with Gasteiger partial charge in [-0.05, 0) is 38.1 Å². The molecular weight excluding hydrogens is 437 g/mol. The van der Waals surface area contributed by atoms with E-state index in [1.54, 1.807) is 18.3 Å². The highest BCUT2D eigenvalue weighted by molar-refractivity contribution is 14.0. The van der Waals surface area contributed by atoms with Crippen LogP contribution in [-0.4, -0.2) is 43.9 Å². The van der Waals surface area contributed by atoms with Gasteiger partial charge < -0.3 is 20.5 Å². The Labute approximate surface area is 165 Å². The summed E-state index contributed by atoms with van der Waals surface area (Å²) in [5.41, 5.74) is 0.505. The minimum atomic E-state index is -0.931. The van der Waals surface area contributed by atoms with E-state index >= 15 is 0 Å². The molecule has 2 heterocycles. The maximum absolute atomic E-state index is 10.5. The smallest absolute Gasteiger partial charge is 0.191 e. The van der Waals surface area contributed by atoms with Crippen LogP contribution in [0.25, 0.3) is 0 Å². The van der Waals surface area contributed by atoms with E-state index in [1.165, 1.54) is 5.57 Å². The molecule has 0 spiro atoms. The molecule has 7 heteroatoms. The van der Waals surface area contributed by atoms with Crippen molar-refractivity contribution in [2.24, 2.45) is 4.99 Å². The first-order chi connectivity index (χ1) is 11.1. The number of halogens is 1. The highest BCUT2D eigenvalue weighted by Gasteiger charge is 2.23. The first kappa shape index (κ1) is 21.4. The van der Waals surface area contributed by atoms with Crippen molar-refractivity contribution in [2.45, 2.75) is 32.3 Å². The lowest BCUT2D eigenvalue weighted by molar-refractivity contribution is 0.0711. The number of aliphatic imine (C=N–C) groups is 1. The zero-order chi connectivity index (χ0) is 16.5. The van der Waals surface area contributed by atoms with Crippen molar-refractivity contribution in [3.8, 4) is 0 Å². The molecule has 1 unspecified atom stereocenters. The van der Waals surface area contributed by atoms with Gasteiger partial charge in [-0.1, -0.05) is 17.7 Å². The van der Waals surface area contributed by atoms with Gasteiger partial charge in [0.15, 0.2) is 5.96 Å². The van der Waals surface area contributed by atoms with Crippen molar-refractivity contribution in [1.29, 1.82) is 0 Å². The minimum absolute atomic E-state index is 0. The lowest BCUT2D eigenvalue weighted by Gasteiger charge is -2.21. The van der Waals surface area contributed by atoms with Crippen molar-refractivity contribution in [3.05, 3.63) is 34.0 Å². The lowest BCUT2D eigenvalue weighted by Crippen LogP contribution is -2.39. The summed E-state index contributed by atoms with van der Waals surface area (Å²) in [6.07, 6.45) is 4.17. The molecule has 0 radical (unpaired) electrons. The predicted molar refractivity (Wildman–Crippen MR) is 111 cm³/mol. The second-order valence-corrected chi connectivity index (χ2v) is 6.76. The Morgan fingerprint density at radius 1 is 1.46 bits per heavy atom. The monoisotopic (exact) mass is 465 g/mol. The number of rotatable bonds is 7. The fourth-order valence-electron chi connectivity index (χ4n) is 2.37. The van der Waals surface area contributed by atoms with E-state index in [4.69, 9.17) is 4.74 Å². The van der Waals surface area contributed by atoms with Gasteiger partial charge in [0.1, 0.15) is 5.60 Å². The summed E-state index contributed by atoms with van der Waals surface area (Å²) in [6, 6.07) is 3.89. The van der Waals surface area contributed by atoms with Crippen molar-refractivity contribution in [3.63, 3.8) is 0 Å². The zero-order valence-corrected chi connectivity index (χ0v) is 17.5. The second kappa shape index (κ2) is 11.1. The van der Waals surface area contributed by atoms with Gasteiger partial charge in [-0.15, -0.1) is 35.3 Å². The summed E-state index contributed by atoms with van der Waals surface area (Å²) in [4.78, 5) is 5.47. The molecule has 5 nitrogen and oxygen atoms in total. The number of nitrogens with one attached hydrogen (secondary N) is 2. The molecule has 0 amide bonds. The normalized spacial score (nSPS) is 17.5. The fraction of sp³-hybridized carbons (Fsp3) is 0.588. The highest BCUT2D eigenvalue weighted by Crippen LogP contribution is 2.25. The van der Waals surface area contributed by atoms with Gasteiger partial charge in [0.25, 0.3) is 0 Å². The van der Waals surface area contributed by atoms with Crippen molar-refractivity contribution in [1.82, 2.24) is 10.6 Å². The summed E-state index contributed by atoms with van der Waals surface area (Å²) in [5.74, 6) is 0.747. The number of thiophene rings is 1. The average molecular weight is 465 g/mol. The van der Waals surface area contributed by atoms with E-state index in [0.29, 0.717) is 6.54 Å². The topological polar surface area (TPSA) is 65.9 Å². The molecule has 1 aliphatic heterocycles. The number of hydrogen-bond donors (Lipinski definition) is 3. The van der Waals surface area contributed by atoms with E-state index in [1.807, 2.05) is 24.4 Å². The van der Waals surface area contributed by atoms with Gasteiger partial charge >= 0.3 is 0 Å².